The van der Waals surface area contributed by atoms with E-state index in [-0.39, 0.29) is 11.7 Å². The number of amidine groups is 1. The van der Waals surface area contributed by atoms with Gasteiger partial charge in [0.05, 0.1) is 32.8 Å². The Labute approximate surface area is 200 Å². The van der Waals surface area contributed by atoms with Gasteiger partial charge in [0.15, 0.2) is 5.17 Å². The van der Waals surface area contributed by atoms with Crippen molar-refractivity contribution >= 4 is 40.6 Å². The minimum atomic E-state index is -0.549. The number of furan rings is 1. The number of hydrogen-bond donors (Lipinski definition) is 0. The summed E-state index contributed by atoms with van der Waals surface area (Å²) in [6, 6.07) is 17.8. The predicted molar refractivity (Wildman–Crippen MR) is 130 cm³/mol. The Hall–Kier alpha value is -3.98. The summed E-state index contributed by atoms with van der Waals surface area (Å²) in [6.07, 6.45) is 1.73. The summed E-state index contributed by atoms with van der Waals surface area (Å²) >= 11 is 1.32. The van der Waals surface area contributed by atoms with Crippen LogP contribution in [0.15, 0.2) is 75.8 Å². The van der Waals surface area contributed by atoms with E-state index in [2.05, 4.69) is 9.73 Å². The molecule has 2 heterocycles. The molecule has 0 spiro atoms. The largest absolute Gasteiger partial charge is 0.497 e. The molecule has 0 radical (unpaired) electrons. The predicted octanol–water partition coefficient (Wildman–Crippen LogP) is 4.76. The molecule has 0 atom stereocenters. The van der Waals surface area contributed by atoms with E-state index < -0.39 is 5.97 Å². The van der Waals surface area contributed by atoms with Crippen molar-refractivity contribution in [3.8, 4) is 11.5 Å². The van der Waals surface area contributed by atoms with E-state index in [9.17, 15) is 9.59 Å². The molecular formula is C25H22N2O6S. The van der Waals surface area contributed by atoms with Gasteiger partial charge in [0, 0.05) is 6.07 Å². The standard InChI is InChI=1S/C25H22N2O6S/c1-30-18-9-7-16(8-10-18)13-21-23(28)27(17-5-4-6-19(14-17)31-2)25(26-21)34-15-20-11-12-22(33-20)24(29)32-3/h4-14H,15H2,1-3H3. The maximum Gasteiger partial charge on any atom is 0.373 e. The summed E-state index contributed by atoms with van der Waals surface area (Å²) in [5.41, 5.74) is 1.74. The van der Waals surface area contributed by atoms with Crippen molar-refractivity contribution in [1.82, 2.24) is 0 Å². The van der Waals surface area contributed by atoms with Gasteiger partial charge in [-0.25, -0.2) is 9.79 Å². The lowest BCUT2D eigenvalue weighted by atomic mass is 10.2. The summed E-state index contributed by atoms with van der Waals surface area (Å²) in [5, 5.41) is 0.481. The van der Waals surface area contributed by atoms with Crippen LogP contribution in [0.4, 0.5) is 5.69 Å². The van der Waals surface area contributed by atoms with Crippen molar-refractivity contribution in [1.29, 1.82) is 0 Å². The van der Waals surface area contributed by atoms with Gasteiger partial charge in [-0.1, -0.05) is 30.0 Å². The van der Waals surface area contributed by atoms with Gasteiger partial charge in [-0.15, -0.1) is 0 Å². The molecule has 9 heteroatoms. The molecule has 2 aromatic carbocycles. The quantitative estimate of drug-likeness (QED) is 0.357. The lowest BCUT2D eigenvalue weighted by Crippen LogP contribution is -2.30. The van der Waals surface area contributed by atoms with Crippen molar-refractivity contribution in [2.24, 2.45) is 4.99 Å². The molecule has 0 fully saturated rings. The van der Waals surface area contributed by atoms with Crippen LogP contribution in [0, 0.1) is 0 Å². The Morgan fingerprint density at radius 1 is 1.03 bits per heavy atom. The lowest BCUT2D eigenvalue weighted by Gasteiger charge is -2.18. The molecule has 0 unspecified atom stereocenters. The van der Waals surface area contributed by atoms with Crippen LogP contribution in [-0.4, -0.2) is 38.4 Å². The molecule has 4 rings (SSSR count). The number of nitrogens with zero attached hydrogens (tertiary/aromatic N) is 2. The van der Waals surface area contributed by atoms with E-state index in [0.29, 0.717) is 33.8 Å². The molecule has 174 valence electrons. The van der Waals surface area contributed by atoms with Gasteiger partial charge in [-0.05, 0) is 48.0 Å². The molecule has 3 aromatic rings. The third-order valence-corrected chi connectivity index (χ3v) is 5.91. The topological polar surface area (TPSA) is 90.6 Å². The Morgan fingerprint density at radius 2 is 1.79 bits per heavy atom. The number of carbonyl (C=O) groups is 2. The van der Waals surface area contributed by atoms with E-state index >= 15 is 0 Å². The number of benzene rings is 2. The van der Waals surface area contributed by atoms with Crippen molar-refractivity contribution in [3.05, 3.63) is 83.4 Å². The zero-order valence-corrected chi connectivity index (χ0v) is 19.6. The summed E-state index contributed by atoms with van der Waals surface area (Å²) in [6.45, 7) is 0. The van der Waals surface area contributed by atoms with Crippen LogP contribution >= 0.6 is 11.8 Å². The fourth-order valence-corrected chi connectivity index (χ4v) is 4.14. The SMILES string of the molecule is COC(=O)c1ccc(CSC2=NC(=Cc3ccc(OC)cc3)C(=O)N2c2cccc(OC)c2)o1. The van der Waals surface area contributed by atoms with Crippen molar-refractivity contribution in [3.63, 3.8) is 0 Å². The molecule has 0 N–H and O–H groups in total. The smallest absolute Gasteiger partial charge is 0.373 e. The summed E-state index contributed by atoms with van der Waals surface area (Å²) in [5.74, 6) is 1.57. The first-order valence-corrected chi connectivity index (χ1v) is 11.2. The monoisotopic (exact) mass is 478 g/mol. The normalized spacial score (nSPS) is 14.3. The second-order valence-electron chi connectivity index (χ2n) is 7.09. The van der Waals surface area contributed by atoms with Crippen molar-refractivity contribution in [2.75, 3.05) is 26.2 Å². The third-order valence-electron chi connectivity index (χ3n) is 4.95. The highest BCUT2D eigenvalue weighted by molar-refractivity contribution is 8.13. The first-order valence-electron chi connectivity index (χ1n) is 10.2. The van der Waals surface area contributed by atoms with Crippen LogP contribution in [0.3, 0.4) is 0 Å². The second-order valence-corrected chi connectivity index (χ2v) is 8.03. The number of carbonyl (C=O) groups excluding carboxylic acids is 2. The van der Waals surface area contributed by atoms with Gasteiger partial charge in [-0.2, -0.15) is 0 Å². The molecule has 0 saturated carbocycles. The highest BCUT2D eigenvalue weighted by Crippen LogP contribution is 2.33. The molecule has 1 aromatic heterocycles. The number of aliphatic imine (C=N–C) groups is 1. The summed E-state index contributed by atoms with van der Waals surface area (Å²) in [7, 11) is 4.46. The Balaban J connectivity index is 1.63. The number of rotatable bonds is 7. The van der Waals surface area contributed by atoms with Gasteiger partial charge in [0.1, 0.15) is 23.0 Å². The Morgan fingerprint density at radius 3 is 2.50 bits per heavy atom. The molecule has 1 amide bonds. The number of amides is 1. The Bertz CT molecular complexity index is 1260. The van der Waals surface area contributed by atoms with Gasteiger partial charge >= 0.3 is 5.97 Å². The number of methoxy groups -OCH3 is 3. The highest BCUT2D eigenvalue weighted by atomic mass is 32.2. The average molecular weight is 479 g/mol. The van der Waals surface area contributed by atoms with Gasteiger partial charge in [-0.3, -0.25) is 9.69 Å². The van der Waals surface area contributed by atoms with E-state index in [1.54, 1.807) is 44.6 Å². The van der Waals surface area contributed by atoms with Crippen LogP contribution in [-0.2, 0) is 15.3 Å². The minimum Gasteiger partial charge on any atom is -0.497 e. The van der Waals surface area contributed by atoms with Crippen LogP contribution in [0.2, 0.25) is 0 Å². The van der Waals surface area contributed by atoms with Gasteiger partial charge in [0.2, 0.25) is 5.76 Å². The number of ether oxygens (including phenoxy) is 3. The lowest BCUT2D eigenvalue weighted by molar-refractivity contribution is -0.113. The molecule has 8 nitrogen and oxygen atoms in total. The summed E-state index contributed by atoms with van der Waals surface area (Å²) in [4.78, 5) is 31.2. The number of thioether (sulfide) groups is 1. The molecule has 0 saturated heterocycles. The highest BCUT2D eigenvalue weighted by Gasteiger charge is 2.32. The van der Waals surface area contributed by atoms with Crippen molar-refractivity contribution < 1.29 is 28.2 Å². The summed E-state index contributed by atoms with van der Waals surface area (Å²) < 4.78 is 20.7. The third kappa shape index (κ3) is 4.99. The zero-order valence-electron chi connectivity index (χ0n) is 18.8. The van der Waals surface area contributed by atoms with Gasteiger partial charge in [0.25, 0.3) is 5.91 Å². The fraction of sp³-hybridized carbons (Fsp3) is 0.160. The maximum atomic E-state index is 13.4. The molecule has 0 bridgehead atoms. The van der Waals surface area contributed by atoms with Gasteiger partial charge < -0.3 is 18.6 Å². The number of hydrogen-bond acceptors (Lipinski definition) is 8. The zero-order chi connectivity index (χ0) is 24.1. The van der Waals surface area contributed by atoms with Crippen molar-refractivity contribution in [2.45, 2.75) is 5.75 Å². The molecule has 1 aliphatic rings. The molecule has 0 aliphatic carbocycles. The van der Waals surface area contributed by atoms with Crippen LogP contribution in [0.1, 0.15) is 21.9 Å². The van der Waals surface area contributed by atoms with E-state index in [4.69, 9.17) is 13.9 Å². The van der Waals surface area contributed by atoms with Crippen LogP contribution in [0.5, 0.6) is 11.5 Å². The first kappa shape index (κ1) is 23.2. The van der Waals surface area contributed by atoms with Crippen LogP contribution in [0.25, 0.3) is 6.08 Å². The maximum absolute atomic E-state index is 13.4. The minimum absolute atomic E-state index is 0.118. The molecule has 34 heavy (non-hydrogen) atoms. The van der Waals surface area contributed by atoms with Crippen LogP contribution < -0.4 is 14.4 Å². The number of anilines is 1. The van der Waals surface area contributed by atoms with E-state index in [1.807, 2.05) is 36.4 Å². The number of esters is 1. The first-order chi connectivity index (χ1) is 16.5. The molecular weight excluding hydrogens is 456 g/mol. The average Bonchev–Trinajstić information content (AvgIpc) is 3.47. The fourth-order valence-electron chi connectivity index (χ4n) is 3.23. The second kappa shape index (κ2) is 10.3. The van der Waals surface area contributed by atoms with E-state index in [1.165, 1.54) is 23.8 Å². The van der Waals surface area contributed by atoms with E-state index in [0.717, 1.165) is 11.3 Å². The molecule has 1 aliphatic heterocycles. The Kier molecular flexibility index (Phi) is 7.03.